The molecule has 6 nitrogen and oxygen atoms in total. The number of aryl methyl sites for hydroxylation is 2. The van der Waals surface area contributed by atoms with Crippen LogP contribution in [0.1, 0.15) is 29.9 Å². The Morgan fingerprint density at radius 3 is 2.91 bits per heavy atom. The van der Waals surface area contributed by atoms with Crippen molar-refractivity contribution in [2.24, 2.45) is 4.99 Å². The third kappa shape index (κ3) is 5.35. The van der Waals surface area contributed by atoms with Crippen molar-refractivity contribution in [2.75, 3.05) is 33.4 Å². The Morgan fingerprint density at radius 1 is 1.41 bits per heavy atom. The van der Waals surface area contributed by atoms with Gasteiger partial charge in [0, 0.05) is 38.9 Å². The van der Waals surface area contributed by atoms with Gasteiger partial charge in [0.2, 0.25) is 0 Å². The van der Waals surface area contributed by atoms with Crippen molar-refractivity contribution in [1.29, 1.82) is 0 Å². The fraction of sp³-hybridized carbons (Fsp3) is 0.688. The van der Waals surface area contributed by atoms with E-state index in [1.165, 1.54) is 0 Å². The minimum atomic E-state index is 0.282. The molecule has 0 spiro atoms. The van der Waals surface area contributed by atoms with Gasteiger partial charge >= 0.3 is 0 Å². The van der Waals surface area contributed by atoms with E-state index in [0.717, 1.165) is 62.3 Å². The molecule has 0 saturated carbocycles. The van der Waals surface area contributed by atoms with Gasteiger partial charge in [-0.15, -0.1) is 0 Å². The Kier molecular flexibility index (Phi) is 6.74. The molecule has 0 aliphatic carbocycles. The molecule has 1 saturated heterocycles. The predicted molar refractivity (Wildman–Crippen MR) is 86.2 cm³/mol. The van der Waals surface area contributed by atoms with Crippen molar-refractivity contribution in [2.45, 2.75) is 39.3 Å². The molecule has 2 rings (SSSR count). The van der Waals surface area contributed by atoms with Crippen LogP contribution in [0.5, 0.6) is 0 Å². The number of rotatable bonds is 7. The topological polar surface area (TPSA) is 68.0 Å². The first kappa shape index (κ1) is 16.8. The van der Waals surface area contributed by atoms with E-state index >= 15 is 0 Å². The standard InChI is InChI=1S/C16H27N3O3/c1-12-9-14(13(2)22-12)10-19-16(17-3)18-6-4-7-21-15-5-8-20-11-15/h9,15H,4-8,10-11H2,1-3H3,(H2,17,18,19). The summed E-state index contributed by atoms with van der Waals surface area (Å²) in [5.41, 5.74) is 1.16. The fourth-order valence-electron chi connectivity index (χ4n) is 2.43. The second kappa shape index (κ2) is 8.80. The normalized spacial score (nSPS) is 18.7. The van der Waals surface area contributed by atoms with Crippen LogP contribution in [0.3, 0.4) is 0 Å². The molecule has 1 aliphatic rings. The van der Waals surface area contributed by atoms with E-state index in [1.54, 1.807) is 7.05 Å². The van der Waals surface area contributed by atoms with Crippen LogP contribution in [-0.2, 0) is 16.0 Å². The first-order valence-electron chi connectivity index (χ1n) is 7.89. The summed E-state index contributed by atoms with van der Waals surface area (Å²) < 4.78 is 16.5. The molecule has 22 heavy (non-hydrogen) atoms. The smallest absolute Gasteiger partial charge is 0.191 e. The average Bonchev–Trinajstić information content (AvgIpc) is 3.11. The van der Waals surface area contributed by atoms with Gasteiger partial charge in [-0.25, -0.2) is 0 Å². The summed E-state index contributed by atoms with van der Waals surface area (Å²) >= 11 is 0. The third-order valence-corrected chi connectivity index (χ3v) is 3.67. The molecule has 1 aromatic rings. The predicted octanol–water partition coefficient (Wildman–Crippen LogP) is 1.76. The highest BCUT2D eigenvalue weighted by atomic mass is 16.5. The van der Waals surface area contributed by atoms with Crippen LogP contribution >= 0.6 is 0 Å². The zero-order chi connectivity index (χ0) is 15.8. The van der Waals surface area contributed by atoms with E-state index in [2.05, 4.69) is 15.6 Å². The number of nitrogens with one attached hydrogen (secondary N) is 2. The minimum absolute atomic E-state index is 0.282. The Hall–Kier alpha value is -1.53. The molecule has 1 atom stereocenters. The molecule has 1 aliphatic heterocycles. The summed E-state index contributed by atoms with van der Waals surface area (Å²) in [6.07, 6.45) is 2.24. The molecule has 2 N–H and O–H groups in total. The minimum Gasteiger partial charge on any atom is -0.466 e. The summed E-state index contributed by atoms with van der Waals surface area (Å²) in [5, 5.41) is 6.58. The zero-order valence-corrected chi connectivity index (χ0v) is 13.8. The van der Waals surface area contributed by atoms with Crippen LogP contribution in [0.4, 0.5) is 0 Å². The molecule has 2 heterocycles. The lowest BCUT2D eigenvalue weighted by Crippen LogP contribution is -2.37. The van der Waals surface area contributed by atoms with Crippen LogP contribution in [0, 0.1) is 13.8 Å². The maximum Gasteiger partial charge on any atom is 0.191 e. The Morgan fingerprint density at radius 2 is 2.27 bits per heavy atom. The van der Waals surface area contributed by atoms with E-state index in [4.69, 9.17) is 13.9 Å². The summed E-state index contributed by atoms with van der Waals surface area (Å²) in [7, 11) is 1.77. The molecule has 1 fully saturated rings. The Bertz CT molecular complexity index is 479. The van der Waals surface area contributed by atoms with E-state index in [-0.39, 0.29) is 6.10 Å². The number of hydrogen-bond acceptors (Lipinski definition) is 4. The number of nitrogens with zero attached hydrogens (tertiary/aromatic N) is 1. The molecule has 0 radical (unpaired) electrons. The lowest BCUT2D eigenvalue weighted by Gasteiger charge is -2.13. The molecule has 0 aromatic carbocycles. The average molecular weight is 309 g/mol. The zero-order valence-electron chi connectivity index (χ0n) is 13.8. The number of furan rings is 1. The maximum atomic E-state index is 5.73. The quantitative estimate of drug-likeness (QED) is 0.456. The summed E-state index contributed by atoms with van der Waals surface area (Å²) in [6, 6.07) is 2.05. The van der Waals surface area contributed by atoms with Crippen molar-refractivity contribution < 1.29 is 13.9 Å². The van der Waals surface area contributed by atoms with E-state index in [9.17, 15) is 0 Å². The highest BCUT2D eigenvalue weighted by Crippen LogP contribution is 2.13. The number of guanidine groups is 1. The summed E-state index contributed by atoms with van der Waals surface area (Å²) in [5.74, 6) is 2.68. The number of hydrogen-bond donors (Lipinski definition) is 2. The molecule has 1 aromatic heterocycles. The summed E-state index contributed by atoms with van der Waals surface area (Å²) in [4.78, 5) is 4.22. The van der Waals surface area contributed by atoms with Gasteiger partial charge in [0.1, 0.15) is 11.5 Å². The monoisotopic (exact) mass is 309 g/mol. The van der Waals surface area contributed by atoms with Crippen LogP contribution in [0.15, 0.2) is 15.5 Å². The lowest BCUT2D eigenvalue weighted by atomic mass is 10.2. The van der Waals surface area contributed by atoms with Gasteiger partial charge in [-0.1, -0.05) is 0 Å². The van der Waals surface area contributed by atoms with Gasteiger partial charge in [-0.2, -0.15) is 0 Å². The van der Waals surface area contributed by atoms with Crippen LogP contribution in [-0.4, -0.2) is 45.5 Å². The first-order chi connectivity index (χ1) is 10.7. The van der Waals surface area contributed by atoms with Gasteiger partial charge in [-0.3, -0.25) is 4.99 Å². The summed E-state index contributed by atoms with van der Waals surface area (Å²) in [6.45, 7) is 7.78. The first-order valence-corrected chi connectivity index (χ1v) is 7.89. The van der Waals surface area contributed by atoms with Gasteiger partial charge in [0.15, 0.2) is 5.96 Å². The van der Waals surface area contributed by atoms with Crippen LogP contribution in [0.2, 0.25) is 0 Å². The number of ether oxygens (including phenoxy) is 2. The molecular formula is C16H27N3O3. The lowest BCUT2D eigenvalue weighted by molar-refractivity contribution is 0.0420. The van der Waals surface area contributed by atoms with Crippen molar-refractivity contribution in [1.82, 2.24) is 10.6 Å². The molecule has 0 amide bonds. The van der Waals surface area contributed by atoms with Crippen molar-refractivity contribution in [3.8, 4) is 0 Å². The maximum absolute atomic E-state index is 5.73. The fourth-order valence-corrected chi connectivity index (χ4v) is 2.43. The van der Waals surface area contributed by atoms with Crippen molar-refractivity contribution in [3.63, 3.8) is 0 Å². The molecule has 124 valence electrons. The van der Waals surface area contributed by atoms with Crippen molar-refractivity contribution >= 4 is 5.96 Å². The van der Waals surface area contributed by atoms with E-state index in [0.29, 0.717) is 6.54 Å². The SMILES string of the molecule is CN=C(NCCCOC1CCOC1)NCc1cc(C)oc1C. The van der Waals surface area contributed by atoms with Gasteiger partial charge in [0.25, 0.3) is 0 Å². The Balaban J connectivity index is 1.59. The second-order valence-electron chi connectivity index (χ2n) is 5.50. The highest BCUT2D eigenvalue weighted by Gasteiger charge is 2.15. The van der Waals surface area contributed by atoms with Crippen molar-refractivity contribution in [3.05, 3.63) is 23.2 Å². The van der Waals surface area contributed by atoms with E-state index in [1.807, 2.05) is 19.9 Å². The van der Waals surface area contributed by atoms with E-state index < -0.39 is 0 Å². The molecule has 6 heteroatoms. The molecular weight excluding hydrogens is 282 g/mol. The van der Waals surface area contributed by atoms with Gasteiger partial charge in [0.05, 0.1) is 12.7 Å². The highest BCUT2D eigenvalue weighted by molar-refractivity contribution is 5.79. The molecule has 0 bridgehead atoms. The number of aliphatic imine (C=N–C) groups is 1. The second-order valence-corrected chi connectivity index (χ2v) is 5.50. The Labute approximate surface area is 132 Å². The van der Waals surface area contributed by atoms with Gasteiger partial charge < -0.3 is 24.5 Å². The third-order valence-electron chi connectivity index (χ3n) is 3.67. The van der Waals surface area contributed by atoms with Crippen LogP contribution < -0.4 is 10.6 Å². The van der Waals surface area contributed by atoms with Gasteiger partial charge in [-0.05, 0) is 32.8 Å². The van der Waals surface area contributed by atoms with Crippen LogP contribution in [0.25, 0.3) is 0 Å². The molecule has 1 unspecified atom stereocenters. The largest absolute Gasteiger partial charge is 0.466 e.